The molecule has 0 fully saturated rings. The third-order valence-electron chi connectivity index (χ3n) is 6.05. The highest BCUT2D eigenvalue weighted by Crippen LogP contribution is 2.33. The molecule has 5 rings (SSSR count). The van der Waals surface area contributed by atoms with E-state index in [9.17, 15) is 4.79 Å². The predicted octanol–water partition coefficient (Wildman–Crippen LogP) is 3.43. The van der Waals surface area contributed by atoms with Crippen molar-refractivity contribution < 1.29 is 4.63 Å². The Bertz CT molecular complexity index is 1240. The zero-order chi connectivity index (χ0) is 21.2. The van der Waals surface area contributed by atoms with E-state index in [1.54, 1.807) is 22.2 Å². The molecule has 0 spiro atoms. The van der Waals surface area contributed by atoms with Gasteiger partial charge in [-0.05, 0) is 50.2 Å². The number of aromatic nitrogens is 4. The maximum absolute atomic E-state index is 13.2. The number of fused-ring (bicyclic) bond motifs is 3. The molecule has 0 amide bonds. The normalized spacial score (nSPS) is 16.0. The molecule has 3 heterocycles. The Morgan fingerprint density at radius 3 is 2.94 bits per heavy atom. The summed E-state index contributed by atoms with van der Waals surface area (Å²) in [4.78, 5) is 20.0. The first-order chi connectivity index (χ1) is 15.2. The maximum Gasteiger partial charge on any atom is 0.262 e. The fourth-order valence-electron chi connectivity index (χ4n) is 4.28. The van der Waals surface area contributed by atoms with Crippen LogP contribution in [-0.4, -0.2) is 25.9 Å². The Morgan fingerprint density at radius 2 is 2.13 bits per heavy atom. The van der Waals surface area contributed by atoms with Gasteiger partial charge in [0.1, 0.15) is 16.2 Å². The Morgan fingerprint density at radius 1 is 1.26 bits per heavy atom. The average molecular weight is 436 g/mol. The molecule has 7 nitrogen and oxygen atoms in total. The van der Waals surface area contributed by atoms with Crippen LogP contribution in [0.1, 0.15) is 40.2 Å². The molecule has 1 atom stereocenters. The lowest BCUT2D eigenvalue weighted by molar-refractivity contribution is 0.299. The molecule has 0 saturated heterocycles. The third-order valence-corrected chi connectivity index (χ3v) is 7.21. The van der Waals surface area contributed by atoms with E-state index in [0.717, 1.165) is 53.7 Å². The zero-order valence-electron chi connectivity index (χ0n) is 17.5. The van der Waals surface area contributed by atoms with Crippen molar-refractivity contribution in [1.29, 1.82) is 0 Å². The van der Waals surface area contributed by atoms with Gasteiger partial charge < -0.3 is 5.32 Å². The molecule has 1 aromatic carbocycles. The van der Waals surface area contributed by atoms with Crippen molar-refractivity contribution in [1.82, 2.24) is 25.2 Å². The maximum atomic E-state index is 13.2. The van der Waals surface area contributed by atoms with Crippen molar-refractivity contribution >= 4 is 21.6 Å². The zero-order valence-corrected chi connectivity index (χ0v) is 18.3. The van der Waals surface area contributed by atoms with Crippen LogP contribution in [0.2, 0.25) is 0 Å². The molecule has 1 aliphatic rings. The van der Waals surface area contributed by atoms with Gasteiger partial charge in [0.05, 0.1) is 11.7 Å². The Hall–Kier alpha value is -2.84. The van der Waals surface area contributed by atoms with Crippen LogP contribution in [0.3, 0.4) is 0 Å². The van der Waals surface area contributed by atoms with Crippen LogP contribution >= 0.6 is 11.3 Å². The quantitative estimate of drug-likeness (QED) is 0.479. The highest BCUT2D eigenvalue weighted by Gasteiger charge is 2.25. The van der Waals surface area contributed by atoms with Gasteiger partial charge in [0.2, 0.25) is 0 Å². The largest absolute Gasteiger partial charge is 0.308 e. The van der Waals surface area contributed by atoms with Crippen molar-refractivity contribution in [3.8, 4) is 0 Å². The minimum atomic E-state index is 0.103. The molecule has 0 unspecified atom stereocenters. The van der Waals surface area contributed by atoms with Gasteiger partial charge in [0.15, 0.2) is 0 Å². The van der Waals surface area contributed by atoms with E-state index < -0.39 is 0 Å². The number of hydrogen-bond donors (Lipinski definition) is 1. The monoisotopic (exact) mass is 435 g/mol. The van der Waals surface area contributed by atoms with Gasteiger partial charge in [0.25, 0.3) is 5.56 Å². The lowest BCUT2D eigenvalue weighted by Crippen LogP contribution is -2.34. The van der Waals surface area contributed by atoms with Gasteiger partial charge >= 0.3 is 0 Å². The van der Waals surface area contributed by atoms with Crippen LogP contribution in [0.15, 0.2) is 46.1 Å². The van der Waals surface area contributed by atoms with E-state index in [2.05, 4.69) is 44.9 Å². The van der Waals surface area contributed by atoms with E-state index in [1.807, 2.05) is 13.0 Å². The van der Waals surface area contributed by atoms with Gasteiger partial charge in [0, 0.05) is 24.0 Å². The molecular formula is C23H25N5O2S. The van der Waals surface area contributed by atoms with E-state index in [4.69, 9.17) is 4.63 Å². The van der Waals surface area contributed by atoms with Crippen LogP contribution in [-0.2, 0) is 32.4 Å². The Kier molecular flexibility index (Phi) is 5.65. The molecule has 31 heavy (non-hydrogen) atoms. The van der Waals surface area contributed by atoms with E-state index in [-0.39, 0.29) is 5.56 Å². The minimum Gasteiger partial charge on any atom is -0.308 e. The SMILES string of the molecule is Cc1nonc1CN[C@@H]1CCc2c(sc3ncn(CCCc4ccccc4)c(=O)c23)C1. The Labute approximate surface area is 184 Å². The molecule has 1 N–H and O–H groups in total. The molecule has 0 saturated carbocycles. The van der Waals surface area contributed by atoms with Crippen LogP contribution in [0.4, 0.5) is 0 Å². The summed E-state index contributed by atoms with van der Waals surface area (Å²) in [5, 5.41) is 12.2. The predicted molar refractivity (Wildman–Crippen MR) is 120 cm³/mol. The summed E-state index contributed by atoms with van der Waals surface area (Å²) in [5.41, 5.74) is 4.27. The topological polar surface area (TPSA) is 85.8 Å². The number of aryl methyl sites for hydroxylation is 4. The minimum absolute atomic E-state index is 0.103. The highest BCUT2D eigenvalue weighted by molar-refractivity contribution is 7.18. The summed E-state index contributed by atoms with van der Waals surface area (Å²) in [6, 6.07) is 10.7. The summed E-state index contributed by atoms with van der Waals surface area (Å²) in [6.45, 7) is 3.23. The number of nitrogens with one attached hydrogen (secondary N) is 1. The molecular weight excluding hydrogens is 410 g/mol. The molecule has 1 aliphatic carbocycles. The number of nitrogens with zero attached hydrogens (tertiary/aromatic N) is 4. The second kappa shape index (κ2) is 8.72. The van der Waals surface area contributed by atoms with Crippen LogP contribution in [0.5, 0.6) is 0 Å². The summed E-state index contributed by atoms with van der Waals surface area (Å²) < 4.78 is 6.56. The summed E-state index contributed by atoms with van der Waals surface area (Å²) in [7, 11) is 0. The van der Waals surface area contributed by atoms with Crippen molar-refractivity contribution in [2.24, 2.45) is 0 Å². The van der Waals surface area contributed by atoms with Crippen LogP contribution in [0.25, 0.3) is 10.2 Å². The van der Waals surface area contributed by atoms with Crippen molar-refractivity contribution in [3.05, 3.63) is 74.4 Å². The smallest absolute Gasteiger partial charge is 0.262 e. The number of benzene rings is 1. The van der Waals surface area contributed by atoms with Crippen molar-refractivity contribution in [3.63, 3.8) is 0 Å². The fraction of sp³-hybridized carbons (Fsp3) is 0.391. The first-order valence-corrected chi connectivity index (χ1v) is 11.6. The summed E-state index contributed by atoms with van der Waals surface area (Å²) >= 11 is 1.66. The summed E-state index contributed by atoms with van der Waals surface area (Å²) in [5.74, 6) is 0. The lowest BCUT2D eigenvalue weighted by atomic mass is 9.93. The van der Waals surface area contributed by atoms with Gasteiger partial charge in [-0.2, -0.15) is 0 Å². The average Bonchev–Trinajstić information content (AvgIpc) is 3.37. The molecule has 0 bridgehead atoms. The van der Waals surface area contributed by atoms with Gasteiger partial charge in [-0.25, -0.2) is 9.61 Å². The lowest BCUT2D eigenvalue weighted by Gasteiger charge is -2.23. The molecule has 8 heteroatoms. The van der Waals surface area contributed by atoms with E-state index in [1.165, 1.54) is 16.0 Å². The number of hydrogen-bond acceptors (Lipinski definition) is 7. The fourth-order valence-corrected chi connectivity index (χ4v) is 5.54. The first-order valence-electron chi connectivity index (χ1n) is 10.7. The van der Waals surface area contributed by atoms with Gasteiger partial charge in [-0.15, -0.1) is 11.3 Å². The molecule has 0 radical (unpaired) electrons. The Balaban J connectivity index is 1.29. The number of rotatable bonds is 7. The second-order valence-corrected chi connectivity index (χ2v) is 9.22. The first kappa shape index (κ1) is 20.1. The molecule has 4 aromatic rings. The van der Waals surface area contributed by atoms with Crippen LogP contribution in [0, 0.1) is 6.92 Å². The highest BCUT2D eigenvalue weighted by atomic mass is 32.1. The molecule has 160 valence electrons. The molecule has 0 aliphatic heterocycles. The van der Waals surface area contributed by atoms with E-state index >= 15 is 0 Å². The van der Waals surface area contributed by atoms with Crippen molar-refractivity contribution in [2.75, 3.05) is 0 Å². The third kappa shape index (κ3) is 4.18. The van der Waals surface area contributed by atoms with Crippen LogP contribution < -0.4 is 10.9 Å². The van der Waals surface area contributed by atoms with E-state index in [0.29, 0.717) is 19.1 Å². The van der Waals surface area contributed by atoms with Gasteiger partial charge in [-0.3, -0.25) is 9.36 Å². The second-order valence-electron chi connectivity index (χ2n) is 8.13. The number of thiophene rings is 1. The summed E-state index contributed by atoms with van der Waals surface area (Å²) in [6.07, 6.45) is 6.40. The van der Waals surface area contributed by atoms with Gasteiger partial charge in [-0.1, -0.05) is 40.6 Å². The standard InChI is InChI=1S/C23H25N5O2S/c1-15-19(27-30-26-15)13-24-17-9-10-18-20(12-17)31-22-21(18)23(29)28(14-25-22)11-5-8-16-6-3-2-4-7-16/h2-4,6-7,14,17,24H,5,8-13H2,1H3/t17-/m1/s1. The van der Waals surface area contributed by atoms with Crippen molar-refractivity contribution in [2.45, 2.75) is 58.2 Å². The molecule has 3 aromatic heterocycles.